The number of methoxy groups -OCH3 is 1. The molecule has 0 aliphatic heterocycles. The Labute approximate surface area is 78.2 Å². The predicted octanol–water partition coefficient (Wildman–Crippen LogP) is 2.06. The van der Waals surface area contributed by atoms with Crippen molar-refractivity contribution in [1.82, 2.24) is 0 Å². The van der Waals surface area contributed by atoms with Crippen LogP contribution in [-0.4, -0.2) is 12.2 Å². The van der Waals surface area contributed by atoms with E-state index in [-0.39, 0.29) is 6.61 Å². The maximum Gasteiger partial charge on any atom is 0.119 e. The second-order valence-corrected chi connectivity index (χ2v) is 3.50. The number of aliphatic hydroxyl groups is 1. The van der Waals surface area contributed by atoms with Crippen molar-refractivity contribution in [2.45, 2.75) is 25.4 Å². The second-order valence-electron chi connectivity index (χ2n) is 3.50. The van der Waals surface area contributed by atoms with Gasteiger partial charge in [-0.05, 0) is 42.0 Å². The SMILES string of the molecule is COc1ccc(C2CC2)c(CO)c1. The summed E-state index contributed by atoms with van der Waals surface area (Å²) in [4.78, 5) is 0. The van der Waals surface area contributed by atoms with Crippen molar-refractivity contribution in [1.29, 1.82) is 0 Å². The third kappa shape index (κ3) is 1.68. The van der Waals surface area contributed by atoms with E-state index in [9.17, 15) is 0 Å². The Balaban J connectivity index is 2.33. The van der Waals surface area contributed by atoms with Crippen LogP contribution in [0.3, 0.4) is 0 Å². The van der Waals surface area contributed by atoms with Crippen LogP contribution >= 0.6 is 0 Å². The fourth-order valence-corrected chi connectivity index (χ4v) is 1.64. The van der Waals surface area contributed by atoms with Gasteiger partial charge in [-0.25, -0.2) is 0 Å². The molecule has 1 N–H and O–H groups in total. The molecule has 0 unspecified atom stereocenters. The number of rotatable bonds is 3. The van der Waals surface area contributed by atoms with E-state index < -0.39 is 0 Å². The van der Waals surface area contributed by atoms with Crippen molar-refractivity contribution in [3.8, 4) is 5.75 Å². The molecule has 2 rings (SSSR count). The summed E-state index contributed by atoms with van der Waals surface area (Å²) in [6.45, 7) is 0.114. The zero-order valence-electron chi connectivity index (χ0n) is 7.79. The highest BCUT2D eigenvalue weighted by Gasteiger charge is 2.25. The number of hydrogen-bond donors (Lipinski definition) is 1. The molecule has 1 aliphatic rings. The standard InChI is InChI=1S/C11H14O2/c1-13-10-4-5-11(8-2-3-8)9(6-10)7-12/h4-6,8,12H,2-3,7H2,1H3. The smallest absolute Gasteiger partial charge is 0.119 e. The van der Waals surface area contributed by atoms with Crippen molar-refractivity contribution in [2.75, 3.05) is 7.11 Å². The molecule has 2 nitrogen and oxygen atoms in total. The molecule has 0 amide bonds. The van der Waals surface area contributed by atoms with Crippen LogP contribution in [0.4, 0.5) is 0 Å². The maximum atomic E-state index is 9.16. The van der Waals surface area contributed by atoms with Gasteiger partial charge >= 0.3 is 0 Å². The minimum atomic E-state index is 0.114. The van der Waals surface area contributed by atoms with Crippen LogP contribution in [0.2, 0.25) is 0 Å². The van der Waals surface area contributed by atoms with E-state index in [0.29, 0.717) is 5.92 Å². The molecule has 2 heteroatoms. The normalized spacial score (nSPS) is 15.8. The molecule has 1 fully saturated rings. The average molecular weight is 178 g/mol. The molecule has 70 valence electrons. The molecular formula is C11H14O2. The highest BCUT2D eigenvalue weighted by Crippen LogP contribution is 2.42. The van der Waals surface area contributed by atoms with Crippen LogP contribution < -0.4 is 4.74 Å². The lowest BCUT2D eigenvalue weighted by atomic mass is 10.0. The van der Waals surface area contributed by atoms with Crippen LogP contribution in [0.5, 0.6) is 5.75 Å². The largest absolute Gasteiger partial charge is 0.497 e. The van der Waals surface area contributed by atoms with E-state index >= 15 is 0 Å². The lowest BCUT2D eigenvalue weighted by Gasteiger charge is -2.07. The second kappa shape index (κ2) is 3.38. The van der Waals surface area contributed by atoms with Gasteiger partial charge in [-0.1, -0.05) is 6.07 Å². The number of ether oxygens (including phenoxy) is 1. The third-order valence-corrected chi connectivity index (χ3v) is 2.54. The van der Waals surface area contributed by atoms with Crippen molar-refractivity contribution >= 4 is 0 Å². The lowest BCUT2D eigenvalue weighted by molar-refractivity contribution is 0.279. The first-order valence-corrected chi connectivity index (χ1v) is 4.63. The first-order valence-electron chi connectivity index (χ1n) is 4.63. The van der Waals surface area contributed by atoms with E-state index in [1.807, 2.05) is 12.1 Å². The highest BCUT2D eigenvalue weighted by molar-refractivity contribution is 5.39. The monoisotopic (exact) mass is 178 g/mol. The number of hydrogen-bond acceptors (Lipinski definition) is 2. The summed E-state index contributed by atoms with van der Waals surface area (Å²) < 4.78 is 5.10. The number of benzene rings is 1. The summed E-state index contributed by atoms with van der Waals surface area (Å²) >= 11 is 0. The Bertz CT molecular complexity index is 303. The van der Waals surface area contributed by atoms with Gasteiger partial charge in [0.05, 0.1) is 13.7 Å². The summed E-state index contributed by atoms with van der Waals surface area (Å²) in [5, 5.41) is 9.16. The van der Waals surface area contributed by atoms with Crippen LogP contribution in [0, 0.1) is 0 Å². The fourth-order valence-electron chi connectivity index (χ4n) is 1.64. The molecule has 1 aromatic rings. The predicted molar refractivity (Wildman–Crippen MR) is 50.9 cm³/mol. The van der Waals surface area contributed by atoms with Crippen molar-refractivity contribution < 1.29 is 9.84 Å². The van der Waals surface area contributed by atoms with Gasteiger partial charge in [0.15, 0.2) is 0 Å². The van der Waals surface area contributed by atoms with Crippen molar-refractivity contribution in [3.05, 3.63) is 29.3 Å². The van der Waals surface area contributed by atoms with Crippen LogP contribution in [0.25, 0.3) is 0 Å². The van der Waals surface area contributed by atoms with E-state index in [1.165, 1.54) is 18.4 Å². The Morgan fingerprint density at radius 3 is 2.77 bits per heavy atom. The molecule has 0 aromatic heterocycles. The molecule has 0 heterocycles. The molecule has 0 radical (unpaired) electrons. The first-order chi connectivity index (χ1) is 6.35. The van der Waals surface area contributed by atoms with Gasteiger partial charge in [0.2, 0.25) is 0 Å². The quantitative estimate of drug-likeness (QED) is 0.767. The van der Waals surface area contributed by atoms with Gasteiger partial charge in [0, 0.05) is 0 Å². The van der Waals surface area contributed by atoms with E-state index in [2.05, 4.69) is 6.07 Å². The van der Waals surface area contributed by atoms with Gasteiger partial charge in [-0.3, -0.25) is 0 Å². The zero-order valence-corrected chi connectivity index (χ0v) is 7.79. The Morgan fingerprint density at radius 2 is 2.23 bits per heavy atom. The molecule has 0 spiro atoms. The molecular weight excluding hydrogens is 164 g/mol. The number of aliphatic hydroxyl groups excluding tert-OH is 1. The van der Waals surface area contributed by atoms with Gasteiger partial charge in [-0.2, -0.15) is 0 Å². The Morgan fingerprint density at radius 1 is 1.46 bits per heavy atom. The summed E-state index contributed by atoms with van der Waals surface area (Å²) in [6.07, 6.45) is 2.53. The Kier molecular flexibility index (Phi) is 2.23. The topological polar surface area (TPSA) is 29.5 Å². The van der Waals surface area contributed by atoms with Crippen molar-refractivity contribution in [3.63, 3.8) is 0 Å². The van der Waals surface area contributed by atoms with Crippen LogP contribution in [0.1, 0.15) is 29.9 Å². The van der Waals surface area contributed by atoms with Crippen LogP contribution in [0.15, 0.2) is 18.2 Å². The summed E-state index contributed by atoms with van der Waals surface area (Å²) in [7, 11) is 1.65. The van der Waals surface area contributed by atoms with E-state index in [4.69, 9.17) is 9.84 Å². The van der Waals surface area contributed by atoms with E-state index in [1.54, 1.807) is 7.11 Å². The molecule has 0 bridgehead atoms. The van der Waals surface area contributed by atoms with E-state index in [0.717, 1.165) is 11.3 Å². The molecule has 1 aliphatic carbocycles. The maximum absolute atomic E-state index is 9.16. The zero-order chi connectivity index (χ0) is 9.26. The molecule has 1 saturated carbocycles. The third-order valence-electron chi connectivity index (χ3n) is 2.54. The van der Waals surface area contributed by atoms with Gasteiger partial charge in [0.25, 0.3) is 0 Å². The van der Waals surface area contributed by atoms with Gasteiger partial charge < -0.3 is 9.84 Å². The lowest BCUT2D eigenvalue weighted by Crippen LogP contribution is -1.93. The molecule has 0 atom stereocenters. The summed E-state index contributed by atoms with van der Waals surface area (Å²) in [6, 6.07) is 5.96. The minimum absolute atomic E-state index is 0.114. The molecule has 0 saturated heterocycles. The minimum Gasteiger partial charge on any atom is -0.497 e. The summed E-state index contributed by atoms with van der Waals surface area (Å²) in [5.41, 5.74) is 2.31. The summed E-state index contributed by atoms with van der Waals surface area (Å²) in [5.74, 6) is 1.52. The Hall–Kier alpha value is -1.02. The molecule has 1 aromatic carbocycles. The molecule has 13 heavy (non-hydrogen) atoms. The fraction of sp³-hybridized carbons (Fsp3) is 0.455. The van der Waals surface area contributed by atoms with Gasteiger partial charge in [-0.15, -0.1) is 0 Å². The average Bonchev–Trinajstić information content (AvgIpc) is 3.00. The highest BCUT2D eigenvalue weighted by atomic mass is 16.5. The van der Waals surface area contributed by atoms with Crippen LogP contribution in [-0.2, 0) is 6.61 Å². The van der Waals surface area contributed by atoms with Gasteiger partial charge in [0.1, 0.15) is 5.75 Å². The first kappa shape index (κ1) is 8.57. The van der Waals surface area contributed by atoms with Crippen molar-refractivity contribution in [2.24, 2.45) is 0 Å².